The van der Waals surface area contributed by atoms with Gasteiger partial charge in [-0.25, -0.2) is 9.97 Å². The number of nitrogens with zero attached hydrogens (tertiary/aromatic N) is 2. The smallest absolute Gasteiger partial charge is 0.223 e. The van der Waals surface area contributed by atoms with E-state index in [9.17, 15) is 4.79 Å². The van der Waals surface area contributed by atoms with E-state index in [-0.39, 0.29) is 18.1 Å². The molecular weight excluding hydrogens is 344 g/mol. The quantitative estimate of drug-likeness (QED) is 0.842. The molecular formula is C20H26N4O3. The Labute approximate surface area is 158 Å². The van der Waals surface area contributed by atoms with Crippen LogP contribution in [0.3, 0.4) is 0 Å². The number of benzene rings is 1. The fourth-order valence-corrected chi connectivity index (χ4v) is 3.83. The monoisotopic (exact) mass is 370 g/mol. The molecule has 1 unspecified atom stereocenters. The molecule has 1 aromatic carbocycles. The van der Waals surface area contributed by atoms with Crippen molar-refractivity contribution in [1.82, 2.24) is 15.3 Å². The second-order valence-corrected chi connectivity index (χ2v) is 7.38. The highest BCUT2D eigenvalue weighted by atomic mass is 16.5. The molecule has 1 saturated heterocycles. The van der Waals surface area contributed by atoms with Crippen LogP contribution in [0.15, 0.2) is 24.4 Å². The van der Waals surface area contributed by atoms with Crippen molar-refractivity contribution in [2.24, 2.45) is 0 Å². The molecule has 2 fully saturated rings. The van der Waals surface area contributed by atoms with Gasteiger partial charge in [-0.2, -0.15) is 0 Å². The first kappa shape index (κ1) is 18.0. The van der Waals surface area contributed by atoms with Crippen molar-refractivity contribution in [3.63, 3.8) is 0 Å². The van der Waals surface area contributed by atoms with Crippen LogP contribution in [0.25, 0.3) is 10.9 Å². The number of hydrogen-bond donors (Lipinski definition) is 2. The van der Waals surface area contributed by atoms with Crippen LogP contribution in [0, 0.1) is 0 Å². The number of carbonyl (C=O) groups is 1. The maximum absolute atomic E-state index is 11.2. The fourth-order valence-electron chi connectivity index (χ4n) is 3.83. The first-order valence-electron chi connectivity index (χ1n) is 9.71. The molecule has 0 bridgehead atoms. The third-order valence-corrected chi connectivity index (χ3v) is 5.22. The topological polar surface area (TPSA) is 85.4 Å². The van der Waals surface area contributed by atoms with E-state index in [1.807, 2.05) is 24.4 Å². The molecule has 27 heavy (non-hydrogen) atoms. The van der Waals surface area contributed by atoms with Crippen LogP contribution in [-0.2, 0) is 9.53 Å². The van der Waals surface area contributed by atoms with Gasteiger partial charge in [-0.15, -0.1) is 0 Å². The molecule has 1 atom stereocenters. The summed E-state index contributed by atoms with van der Waals surface area (Å²) in [5.74, 6) is 1.46. The molecule has 1 amide bonds. The molecule has 1 saturated carbocycles. The van der Waals surface area contributed by atoms with E-state index in [1.54, 1.807) is 6.92 Å². The number of amides is 1. The summed E-state index contributed by atoms with van der Waals surface area (Å²) in [4.78, 5) is 20.4. The highest BCUT2D eigenvalue weighted by Crippen LogP contribution is 2.27. The molecule has 2 heterocycles. The van der Waals surface area contributed by atoms with Gasteiger partial charge in [0.25, 0.3) is 0 Å². The first-order chi connectivity index (χ1) is 13.2. The molecule has 2 aromatic rings. The third-order valence-electron chi connectivity index (χ3n) is 5.22. The van der Waals surface area contributed by atoms with Crippen molar-refractivity contribution in [3.05, 3.63) is 24.4 Å². The van der Waals surface area contributed by atoms with Gasteiger partial charge in [-0.3, -0.25) is 4.79 Å². The van der Waals surface area contributed by atoms with Crippen molar-refractivity contribution >= 4 is 22.8 Å². The largest absolute Gasteiger partial charge is 0.486 e. The van der Waals surface area contributed by atoms with Crippen LogP contribution in [0.4, 0.5) is 5.95 Å². The number of carbonyl (C=O) groups excluding carboxylic acids is 1. The normalized spacial score (nSPS) is 25.3. The number of aromatic nitrogens is 2. The number of hydrogen-bond acceptors (Lipinski definition) is 6. The predicted octanol–water partition coefficient (Wildman–Crippen LogP) is 2.66. The Kier molecular flexibility index (Phi) is 5.38. The van der Waals surface area contributed by atoms with Crippen LogP contribution >= 0.6 is 0 Å². The van der Waals surface area contributed by atoms with Gasteiger partial charge in [-0.1, -0.05) is 12.1 Å². The zero-order chi connectivity index (χ0) is 18.6. The molecule has 7 nitrogen and oxygen atoms in total. The van der Waals surface area contributed by atoms with E-state index < -0.39 is 0 Å². The van der Waals surface area contributed by atoms with Crippen LogP contribution < -0.4 is 15.4 Å². The summed E-state index contributed by atoms with van der Waals surface area (Å²) in [6, 6.07) is 6.52. The minimum absolute atomic E-state index is 0.0458. The van der Waals surface area contributed by atoms with E-state index in [0.29, 0.717) is 18.6 Å². The molecule has 1 aliphatic carbocycles. The zero-order valence-electron chi connectivity index (χ0n) is 15.6. The summed E-state index contributed by atoms with van der Waals surface area (Å²) < 4.78 is 11.5. The van der Waals surface area contributed by atoms with Crippen LogP contribution in [0.5, 0.6) is 5.75 Å². The van der Waals surface area contributed by atoms with Crippen LogP contribution in [0.1, 0.15) is 39.0 Å². The lowest BCUT2D eigenvalue weighted by Gasteiger charge is -2.29. The lowest BCUT2D eigenvalue weighted by Crippen LogP contribution is -2.39. The molecule has 144 valence electrons. The zero-order valence-corrected chi connectivity index (χ0v) is 15.6. The van der Waals surface area contributed by atoms with Gasteiger partial charge in [0.1, 0.15) is 17.4 Å². The number of fused-ring (bicyclic) bond motifs is 1. The van der Waals surface area contributed by atoms with Crippen LogP contribution in [-0.4, -0.2) is 47.3 Å². The maximum Gasteiger partial charge on any atom is 0.223 e. The summed E-state index contributed by atoms with van der Waals surface area (Å²) in [5, 5.41) is 7.42. The van der Waals surface area contributed by atoms with Crippen molar-refractivity contribution in [1.29, 1.82) is 0 Å². The van der Waals surface area contributed by atoms with Crippen molar-refractivity contribution in [2.75, 3.05) is 18.5 Å². The minimum atomic E-state index is 0.0458. The van der Waals surface area contributed by atoms with Gasteiger partial charge < -0.3 is 20.1 Å². The molecule has 1 aliphatic heterocycles. The standard InChI is InChI=1S/C20H26N4O3/c1-13(25)22-15-5-7-16(8-6-15)23-20-21-11-14-3-2-4-18(19(14)24-20)27-17-9-10-26-12-17/h2-4,11,15-17H,5-10,12H2,1H3,(H,22,25)(H,21,23,24). The molecule has 2 N–H and O–H groups in total. The summed E-state index contributed by atoms with van der Waals surface area (Å²) >= 11 is 0. The maximum atomic E-state index is 11.2. The van der Waals surface area contributed by atoms with Crippen molar-refractivity contribution in [2.45, 2.75) is 57.2 Å². The molecule has 2 aliphatic rings. The van der Waals surface area contributed by atoms with E-state index in [1.165, 1.54) is 0 Å². The fraction of sp³-hybridized carbons (Fsp3) is 0.550. The summed E-state index contributed by atoms with van der Waals surface area (Å²) in [6.07, 6.45) is 6.76. The van der Waals surface area contributed by atoms with Gasteiger partial charge in [0.2, 0.25) is 11.9 Å². The number of nitrogens with one attached hydrogen (secondary N) is 2. The molecule has 0 radical (unpaired) electrons. The SMILES string of the molecule is CC(=O)NC1CCC(Nc2ncc3cccc(OC4CCOC4)c3n2)CC1. The number of para-hydroxylation sites is 1. The Balaban J connectivity index is 1.44. The van der Waals surface area contributed by atoms with Gasteiger partial charge in [0, 0.05) is 37.0 Å². The summed E-state index contributed by atoms with van der Waals surface area (Å²) in [6.45, 7) is 2.95. The highest BCUT2D eigenvalue weighted by molar-refractivity contribution is 5.84. The van der Waals surface area contributed by atoms with E-state index in [4.69, 9.17) is 14.5 Å². The van der Waals surface area contributed by atoms with Gasteiger partial charge in [0.05, 0.1) is 13.2 Å². The van der Waals surface area contributed by atoms with Gasteiger partial charge in [0.15, 0.2) is 0 Å². The second-order valence-electron chi connectivity index (χ2n) is 7.38. The van der Waals surface area contributed by atoms with Crippen molar-refractivity contribution < 1.29 is 14.3 Å². The molecule has 0 spiro atoms. The molecule has 4 rings (SSSR count). The Bertz CT molecular complexity index is 799. The third kappa shape index (κ3) is 4.47. The Morgan fingerprint density at radius 3 is 2.74 bits per heavy atom. The van der Waals surface area contributed by atoms with E-state index in [2.05, 4.69) is 15.6 Å². The average Bonchev–Trinajstić information content (AvgIpc) is 3.17. The lowest BCUT2D eigenvalue weighted by atomic mass is 9.91. The summed E-state index contributed by atoms with van der Waals surface area (Å²) in [7, 11) is 0. The average molecular weight is 370 g/mol. The Hall–Kier alpha value is -2.41. The molecule has 1 aromatic heterocycles. The van der Waals surface area contributed by atoms with E-state index in [0.717, 1.165) is 55.4 Å². The van der Waals surface area contributed by atoms with E-state index >= 15 is 0 Å². The lowest BCUT2D eigenvalue weighted by molar-refractivity contribution is -0.119. The van der Waals surface area contributed by atoms with Crippen molar-refractivity contribution in [3.8, 4) is 5.75 Å². The van der Waals surface area contributed by atoms with Gasteiger partial charge in [-0.05, 0) is 31.7 Å². The number of ether oxygens (including phenoxy) is 2. The highest BCUT2D eigenvalue weighted by Gasteiger charge is 2.23. The Morgan fingerprint density at radius 1 is 1.19 bits per heavy atom. The minimum Gasteiger partial charge on any atom is -0.486 e. The second kappa shape index (κ2) is 8.08. The Morgan fingerprint density at radius 2 is 2.00 bits per heavy atom. The molecule has 7 heteroatoms. The summed E-state index contributed by atoms with van der Waals surface area (Å²) in [5.41, 5.74) is 0.828. The number of rotatable bonds is 5. The predicted molar refractivity (Wildman–Crippen MR) is 103 cm³/mol. The van der Waals surface area contributed by atoms with Gasteiger partial charge >= 0.3 is 0 Å². The number of anilines is 1. The first-order valence-corrected chi connectivity index (χ1v) is 9.71. The van der Waals surface area contributed by atoms with Crippen LogP contribution in [0.2, 0.25) is 0 Å².